The highest BCUT2D eigenvalue weighted by atomic mass is 127. The summed E-state index contributed by atoms with van der Waals surface area (Å²) < 4.78 is 2.59. The molecule has 0 aromatic carbocycles. The van der Waals surface area contributed by atoms with E-state index < -0.39 is 0 Å². The molecule has 0 aromatic rings. The summed E-state index contributed by atoms with van der Waals surface area (Å²) in [7, 11) is 0. The summed E-state index contributed by atoms with van der Waals surface area (Å²) in [6.07, 6.45) is 2.24. The normalized spacial score (nSPS) is 8.50. The van der Waals surface area contributed by atoms with E-state index in [4.69, 9.17) is 0 Å². The zero-order valence-electron chi connectivity index (χ0n) is 7.02. The van der Waals surface area contributed by atoms with Gasteiger partial charge in [-0.25, -0.2) is 4.79 Å². The van der Waals surface area contributed by atoms with Crippen LogP contribution in [0, 0.1) is 9.85 Å². The third-order valence-electron chi connectivity index (χ3n) is 1.12. The minimum absolute atomic E-state index is 0.155. The van der Waals surface area contributed by atoms with E-state index in [9.17, 15) is 4.79 Å². The summed E-state index contributed by atoms with van der Waals surface area (Å²) in [5.41, 5.74) is 2.58. The second-order valence-electron chi connectivity index (χ2n) is 2.17. The number of halogens is 1. The first-order chi connectivity index (χ1) is 5.81. The maximum Gasteiger partial charge on any atom is 0.336 e. The van der Waals surface area contributed by atoms with Crippen LogP contribution in [-0.2, 0) is 9.63 Å². The largest absolute Gasteiger partial charge is 0.370 e. The van der Waals surface area contributed by atoms with Crippen LogP contribution in [0.1, 0.15) is 26.2 Å². The van der Waals surface area contributed by atoms with Gasteiger partial charge in [0.1, 0.15) is 6.42 Å². The topological polar surface area (TPSA) is 38.3 Å². The fourth-order valence-corrected chi connectivity index (χ4v) is 0.713. The molecule has 12 heavy (non-hydrogen) atoms. The second kappa shape index (κ2) is 8.81. The van der Waals surface area contributed by atoms with E-state index >= 15 is 0 Å². The third-order valence-corrected chi connectivity index (χ3v) is 1.50. The molecule has 0 spiro atoms. The van der Waals surface area contributed by atoms with Crippen molar-refractivity contribution >= 4 is 28.6 Å². The van der Waals surface area contributed by atoms with Gasteiger partial charge in [0.2, 0.25) is 0 Å². The van der Waals surface area contributed by atoms with Crippen molar-refractivity contribution in [3.05, 3.63) is 0 Å². The van der Waals surface area contributed by atoms with E-state index in [-0.39, 0.29) is 12.4 Å². The minimum Gasteiger partial charge on any atom is -0.370 e. The van der Waals surface area contributed by atoms with Crippen LogP contribution >= 0.6 is 22.6 Å². The average molecular weight is 281 g/mol. The standard InChI is InChI=1S/C8H12INO2/c1-2-3-7-10-12-8(11)5-4-6-9/h10H,2-3,5,7H2,1H3. The Morgan fingerprint density at radius 3 is 3.00 bits per heavy atom. The minimum atomic E-state index is -0.324. The molecule has 0 heterocycles. The van der Waals surface area contributed by atoms with Gasteiger partial charge in [-0.3, -0.25) is 0 Å². The Kier molecular flexibility index (Phi) is 8.61. The van der Waals surface area contributed by atoms with E-state index in [1.54, 1.807) is 0 Å². The van der Waals surface area contributed by atoms with Crippen molar-refractivity contribution in [1.29, 1.82) is 0 Å². The summed E-state index contributed by atoms with van der Waals surface area (Å²) in [6.45, 7) is 2.78. The summed E-state index contributed by atoms with van der Waals surface area (Å²) in [4.78, 5) is 15.4. The lowest BCUT2D eigenvalue weighted by Gasteiger charge is -2.01. The third kappa shape index (κ3) is 7.82. The zero-order valence-corrected chi connectivity index (χ0v) is 9.18. The number of hydroxylamine groups is 1. The number of carbonyl (C=O) groups is 1. The first kappa shape index (κ1) is 11.7. The van der Waals surface area contributed by atoms with E-state index in [2.05, 4.69) is 27.1 Å². The van der Waals surface area contributed by atoms with Crippen LogP contribution in [0.4, 0.5) is 0 Å². The van der Waals surface area contributed by atoms with Gasteiger partial charge in [-0.2, -0.15) is 5.48 Å². The predicted octanol–water partition coefficient (Wildman–Crippen LogP) is 1.62. The van der Waals surface area contributed by atoms with Crippen LogP contribution < -0.4 is 5.48 Å². The molecule has 0 saturated carbocycles. The van der Waals surface area contributed by atoms with Gasteiger partial charge in [0.15, 0.2) is 0 Å². The highest BCUT2D eigenvalue weighted by Gasteiger charge is 1.97. The number of carbonyl (C=O) groups excluding carboxylic acids is 1. The molecular weight excluding hydrogens is 269 g/mol. The van der Waals surface area contributed by atoms with Gasteiger partial charge in [-0.05, 0) is 10.3 Å². The van der Waals surface area contributed by atoms with Gasteiger partial charge < -0.3 is 4.84 Å². The number of hydrogen-bond acceptors (Lipinski definition) is 3. The lowest BCUT2D eigenvalue weighted by Crippen LogP contribution is -2.20. The molecule has 0 fully saturated rings. The van der Waals surface area contributed by atoms with Crippen molar-refractivity contribution in [1.82, 2.24) is 5.48 Å². The van der Waals surface area contributed by atoms with Gasteiger partial charge in [0.25, 0.3) is 0 Å². The van der Waals surface area contributed by atoms with Crippen molar-refractivity contribution in [3.8, 4) is 9.85 Å². The monoisotopic (exact) mass is 281 g/mol. The Morgan fingerprint density at radius 1 is 1.67 bits per heavy atom. The van der Waals surface area contributed by atoms with Crippen molar-refractivity contribution in [2.24, 2.45) is 0 Å². The average Bonchev–Trinajstić information content (AvgIpc) is 2.09. The Morgan fingerprint density at radius 2 is 2.42 bits per heavy atom. The number of unbranched alkanes of at least 4 members (excludes halogenated alkanes) is 1. The van der Waals surface area contributed by atoms with Crippen LogP contribution in [0.5, 0.6) is 0 Å². The van der Waals surface area contributed by atoms with Gasteiger partial charge in [-0.15, -0.1) is 0 Å². The Bertz CT molecular complexity index is 183. The molecule has 0 aliphatic heterocycles. The lowest BCUT2D eigenvalue weighted by molar-refractivity contribution is -0.149. The van der Waals surface area contributed by atoms with Crippen LogP contribution in [0.2, 0.25) is 0 Å². The van der Waals surface area contributed by atoms with Crippen LogP contribution in [-0.4, -0.2) is 12.5 Å². The molecule has 0 amide bonds. The first-order valence-electron chi connectivity index (χ1n) is 3.82. The van der Waals surface area contributed by atoms with E-state index in [0.717, 1.165) is 12.8 Å². The molecule has 0 bridgehead atoms. The van der Waals surface area contributed by atoms with Crippen molar-refractivity contribution in [3.63, 3.8) is 0 Å². The molecule has 68 valence electrons. The smallest absolute Gasteiger partial charge is 0.336 e. The molecule has 0 atom stereocenters. The van der Waals surface area contributed by atoms with Crippen LogP contribution in [0.3, 0.4) is 0 Å². The van der Waals surface area contributed by atoms with Gasteiger partial charge in [0.05, 0.1) is 0 Å². The maximum atomic E-state index is 10.8. The fourth-order valence-electron chi connectivity index (χ4n) is 0.522. The summed E-state index contributed by atoms with van der Waals surface area (Å²) >= 11 is 1.88. The molecule has 0 unspecified atom stereocenters. The lowest BCUT2D eigenvalue weighted by atomic mass is 10.3. The molecule has 0 aliphatic rings. The Hall–Kier alpha value is -0.280. The van der Waals surface area contributed by atoms with Gasteiger partial charge in [-0.1, -0.05) is 19.3 Å². The highest BCUT2D eigenvalue weighted by Crippen LogP contribution is 1.85. The molecule has 0 saturated heterocycles. The fraction of sp³-hybridized carbons (Fsp3) is 0.625. The molecule has 1 N–H and O–H groups in total. The molecule has 0 aromatic heterocycles. The summed E-state index contributed by atoms with van der Waals surface area (Å²) in [6, 6.07) is 0. The molecule has 0 rings (SSSR count). The molecule has 3 nitrogen and oxygen atoms in total. The summed E-state index contributed by atoms with van der Waals surface area (Å²) in [5, 5.41) is 0. The van der Waals surface area contributed by atoms with Crippen molar-refractivity contribution in [2.75, 3.05) is 6.54 Å². The van der Waals surface area contributed by atoms with E-state index in [0.29, 0.717) is 6.54 Å². The maximum absolute atomic E-state index is 10.8. The zero-order chi connectivity index (χ0) is 9.23. The van der Waals surface area contributed by atoms with E-state index in [1.165, 1.54) is 0 Å². The number of nitrogens with one attached hydrogen (secondary N) is 1. The first-order valence-corrected chi connectivity index (χ1v) is 4.90. The highest BCUT2D eigenvalue weighted by molar-refractivity contribution is 14.1. The summed E-state index contributed by atoms with van der Waals surface area (Å²) in [5.74, 6) is 2.29. The number of hydrogen-bond donors (Lipinski definition) is 1. The van der Waals surface area contributed by atoms with Crippen molar-refractivity contribution in [2.45, 2.75) is 26.2 Å². The quantitative estimate of drug-likeness (QED) is 0.360. The SMILES string of the molecule is CCCCNOC(=O)CC#CI. The molecular formula is C8H12INO2. The molecule has 4 heteroatoms. The molecule has 0 radical (unpaired) electrons. The van der Waals surface area contributed by atoms with Crippen LogP contribution in [0.25, 0.3) is 0 Å². The number of rotatable bonds is 5. The van der Waals surface area contributed by atoms with Gasteiger partial charge in [0, 0.05) is 29.1 Å². The van der Waals surface area contributed by atoms with Crippen molar-refractivity contribution < 1.29 is 9.63 Å². The Labute approximate surface area is 86.3 Å². The second-order valence-corrected chi connectivity index (χ2v) is 2.71. The van der Waals surface area contributed by atoms with Gasteiger partial charge >= 0.3 is 5.97 Å². The van der Waals surface area contributed by atoms with E-state index in [1.807, 2.05) is 22.6 Å². The predicted molar refractivity (Wildman–Crippen MR) is 55.4 cm³/mol. The van der Waals surface area contributed by atoms with Crippen LogP contribution in [0.15, 0.2) is 0 Å². The Balaban J connectivity index is 3.24. The molecule has 0 aliphatic carbocycles.